The van der Waals surface area contributed by atoms with Crippen molar-refractivity contribution >= 4 is 17.7 Å². The summed E-state index contributed by atoms with van der Waals surface area (Å²) in [4.78, 5) is 38.3. The number of hydrogen-bond donors (Lipinski definition) is 5. The van der Waals surface area contributed by atoms with Crippen molar-refractivity contribution in [3.8, 4) is 11.8 Å². The van der Waals surface area contributed by atoms with Gasteiger partial charge in [-0.2, -0.15) is 0 Å². The van der Waals surface area contributed by atoms with Crippen LogP contribution in [0.25, 0.3) is 0 Å². The largest absolute Gasteiger partial charge is 0.394 e. The average molecular weight is 484 g/mol. The predicted molar refractivity (Wildman–Crippen MR) is 126 cm³/mol. The lowest BCUT2D eigenvalue weighted by Crippen LogP contribution is -2.64. The Balaban J connectivity index is 2.10. The molecule has 2 aromatic rings. The zero-order chi connectivity index (χ0) is 26.0. The minimum atomic E-state index is -1.96. The highest BCUT2D eigenvalue weighted by Gasteiger charge is 2.47. The second kappa shape index (κ2) is 12.6. The maximum atomic E-state index is 12.9. The van der Waals surface area contributed by atoms with Crippen molar-refractivity contribution in [3.05, 3.63) is 70.8 Å². The molecule has 0 aliphatic rings. The van der Waals surface area contributed by atoms with Gasteiger partial charge in [-0.3, -0.25) is 19.6 Å². The topological polar surface area (TPSA) is 148 Å². The first-order chi connectivity index (χ1) is 16.7. The van der Waals surface area contributed by atoms with Gasteiger partial charge in [0.05, 0.1) is 19.8 Å². The Morgan fingerprint density at radius 1 is 0.971 bits per heavy atom. The summed E-state index contributed by atoms with van der Waals surface area (Å²) in [6.45, 7) is 0.963. The van der Waals surface area contributed by atoms with Crippen LogP contribution in [0.15, 0.2) is 48.5 Å². The Labute approximate surface area is 203 Å². The van der Waals surface area contributed by atoms with Gasteiger partial charge in [-0.15, -0.1) is 0 Å². The molecule has 3 amide bonds. The van der Waals surface area contributed by atoms with E-state index in [-0.39, 0.29) is 25.4 Å². The van der Waals surface area contributed by atoms with E-state index in [1.807, 2.05) is 24.3 Å². The van der Waals surface area contributed by atoms with E-state index in [0.29, 0.717) is 5.56 Å². The molecule has 2 rings (SSSR count). The molecule has 2 aromatic carbocycles. The summed E-state index contributed by atoms with van der Waals surface area (Å²) < 4.78 is 5.38. The molecule has 0 unspecified atom stereocenters. The summed E-state index contributed by atoms with van der Waals surface area (Å²) in [5.74, 6) is 3.61. The molecule has 0 fully saturated rings. The first kappa shape index (κ1) is 27.5. The maximum Gasteiger partial charge on any atom is 0.278 e. The molecule has 0 saturated carbocycles. The molecule has 0 radical (unpaired) electrons. The zero-order valence-corrected chi connectivity index (χ0v) is 19.7. The standard InChI is InChI=1S/C25H29N3O7/c1-25(23(32)26-2,24(33)27-34)28(3)22(31)20-12-10-18(11-13-20)5-4-17-6-8-19(9-7-17)16-35-21(14-29)15-30/h6-13,21,29-30,34H,14-16H2,1-3H3,(H,26,32)(H,27,33)/t25-/m0/s1. The van der Waals surface area contributed by atoms with E-state index in [1.54, 1.807) is 12.1 Å². The lowest BCUT2D eigenvalue weighted by atomic mass is 9.96. The van der Waals surface area contributed by atoms with Crippen molar-refractivity contribution in [3.63, 3.8) is 0 Å². The van der Waals surface area contributed by atoms with Gasteiger partial charge >= 0.3 is 0 Å². The minimum Gasteiger partial charge on any atom is -0.394 e. The Hall–Kier alpha value is -3.75. The zero-order valence-electron chi connectivity index (χ0n) is 19.7. The summed E-state index contributed by atoms with van der Waals surface area (Å²) in [5, 5.41) is 29.4. The van der Waals surface area contributed by atoms with Crippen LogP contribution < -0.4 is 10.8 Å². The molecule has 0 aliphatic carbocycles. The van der Waals surface area contributed by atoms with E-state index in [2.05, 4.69) is 17.2 Å². The molecular formula is C25H29N3O7. The predicted octanol–water partition coefficient (Wildman–Crippen LogP) is 0.0383. The third-order valence-corrected chi connectivity index (χ3v) is 5.52. The quantitative estimate of drug-likeness (QED) is 0.146. The molecule has 0 bridgehead atoms. The Morgan fingerprint density at radius 2 is 1.49 bits per heavy atom. The third-order valence-electron chi connectivity index (χ3n) is 5.52. The fourth-order valence-electron chi connectivity index (χ4n) is 3.06. The smallest absolute Gasteiger partial charge is 0.278 e. The maximum absolute atomic E-state index is 12.9. The van der Waals surface area contributed by atoms with E-state index in [4.69, 9.17) is 20.2 Å². The van der Waals surface area contributed by atoms with Crippen LogP contribution >= 0.6 is 0 Å². The van der Waals surface area contributed by atoms with Crippen LogP contribution in [0.4, 0.5) is 0 Å². The van der Waals surface area contributed by atoms with Crippen LogP contribution in [-0.4, -0.2) is 77.0 Å². The molecule has 0 saturated heterocycles. The van der Waals surface area contributed by atoms with Crippen molar-refractivity contribution in [2.45, 2.75) is 25.2 Å². The van der Waals surface area contributed by atoms with Crippen LogP contribution in [0, 0.1) is 11.8 Å². The number of nitrogens with zero attached hydrogens (tertiary/aromatic N) is 1. The number of hydroxylamine groups is 1. The molecule has 35 heavy (non-hydrogen) atoms. The summed E-state index contributed by atoms with van der Waals surface area (Å²) >= 11 is 0. The number of rotatable bonds is 9. The number of nitrogens with one attached hydrogen (secondary N) is 2. The monoisotopic (exact) mass is 483 g/mol. The lowest BCUT2D eigenvalue weighted by Gasteiger charge is -2.34. The average Bonchev–Trinajstić information content (AvgIpc) is 2.91. The normalized spacial score (nSPS) is 12.2. The number of benzene rings is 2. The number of carbonyl (C=O) groups excluding carboxylic acids is 3. The molecule has 0 spiro atoms. The summed E-state index contributed by atoms with van der Waals surface area (Å²) in [7, 11) is 2.62. The number of amides is 3. The molecule has 5 N–H and O–H groups in total. The first-order valence-electron chi connectivity index (χ1n) is 10.7. The minimum absolute atomic E-state index is 0.229. The van der Waals surface area contributed by atoms with Crippen molar-refractivity contribution in [2.75, 3.05) is 27.3 Å². The Bertz CT molecular complexity index is 1070. The number of likely N-dealkylation sites (N-methyl/N-ethyl adjacent to an activating group) is 2. The highest BCUT2D eigenvalue weighted by molar-refractivity contribution is 6.12. The van der Waals surface area contributed by atoms with E-state index < -0.39 is 29.4 Å². The Kier molecular flexibility index (Phi) is 9.93. The summed E-state index contributed by atoms with van der Waals surface area (Å²) in [5.41, 5.74) is 1.97. The van der Waals surface area contributed by atoms with Crippen LogP contribution in [0.1, 0.15) is 34.0 Å². The van der Waals surface area contributed by atoms with Crippen LogP contribution in [0.5, 0.6) is 0 Å². The fraction of sp³-hybridized carbons (Fsp3) is 0.320. The van der Waals surface area contributed by atoms with Gasteiger partial charge in [-0.25, -0.2) is 5.48 Å². The third kappa shape index (κ3) is 6.65. The van der Waals surface area contributed by atoms with Crippen molar-refractivity contribution < 1.29 is 34.5 Å². The fourth-order valence-corrected chi connectivity index (χ4v) is 3.06. The lowest BCUT2D eigenvalue weighted by molar-refractivity contribution is -0.148. The van der Waals surface area contributed by atoms with Gasteiger partial charge in [-0.05, 0) is 48.9 Å². The number of ether oxygens (including phenoxy) is 1. The van der Waals surface area contributed by atoms with Gasteiger partial charge in [0, 0.05) is 30.8 Å². The highest BCUT2D eigenvalue weighted by atomic mass is 16.5. The number of aliphatic hydroxyl groups is 2. The second-order valence-electron chi connectivity index (χ2n) is 7.78. The molecule has 10 heteroatoms. The summed E-state index contributed by atoms with van der Waals surface area (Å²) in [6.07, 6.45) is -0.617. The van der Waals surface area contributed by atoms with E-state index >= 15 is 0 Å². The number of carbonyl (C=O) groups is 3. The van der Waals surface area contributed by atoms with E-state index in [1.165, 1.54) is 38.6 Å². The van der Waals surface area contributed by atoms with Crippen LogP contribution in [0.2, 0.25) is 0 Å². The Morgan fingerprint density at radius 3 is 1.94 bits per heavy atom. The van der Waals surface area contributed by atoms with Gasteiger partial charge in [-0.1, -0.05) is 24.0 Å². The first-order valence-corrected chi connectivity index (χ1v) is 10.7. The number of aliphatic hydroxyl groups excluding tert-OH is 2. The van der Waals surface area contributed by atoms with Gasteiger partial charge in [0.1, 0.15) is 6.10 Å². The highest BCUT2D eigenvalue weighted by Crippen LogP contribution is 2.18. The van der Waals surface area contributed by atoms with Crippen LogP contribution in [-0.2, 0) is 20.9 Å². The van der Waals surface area contributed by atoms with Gasteiger partial charge in [0.2, 0.25) is 0 Å². The van der Waals surface area contributed by atoms with Crippen molar-refractivity contribution in [1.29, 1.82) is 0 Å². The van der Waals surface area contributed by atoms with Crippen molar-refractivity contribution in [2.24, 2.45) is 0 Å². The van der Waals surface area contributed by atoms with Gasteiger partial charge in [0.25, 0.3) is 17.7 Å². The van der Waals surface area contributed by atoms with E-state index in [0.717, 1.165) is 16.0 Å². The molecule has 0 aromatic heterocycles. The second-order valence-corrected chi connectivity index (χ2v) is 7.78. The molecule has 1 atom stereocenters. The number of hydrogen-bond acceptors (Lipinski definition) is 7. The van der Waals surface area contributed by atoms with E-state index in [9.17, 15) is 14.4 Å². The SMILES string of the molecule is CNC(=O)[C@@](C)(C(=O)NO)N(C)C(=O)c1ccc(C#Cc2ccc(COC(CO)CO)cc2)cc1. The van der Waals surface area contributed by atoms with Crippen molar-refractivity contribution in [1.82, 2.24) is 15.7 Å². The molecule has 0 aliphatic heterocycles. The molecule has 186 valence electrons. The molecule has 10 nitrogen and oxygen atoms in total. The van der Waals surface area contributed by atoms with Crippen LogP contribution in [0.3, 0.4) is 0 Å². The summed E-state index contributed by atoms with van der Waals surface area (Å²) in [6, 6.07) is 13.6. The molecule has 0 heterocycles. The van der Waals surface area contributed by atoms with Gasteiger partial charge < -0.3 is 25.2 Å². The van der Waals surface area contributed by atoms with Gasteiger partial charge in [0.15, 0.2) is 5.54 Å². The molecular weight excluding hydrogens is 454 g/mol.